The molecular formula is C53H78N2O11. The molecule has 13 atom stereocenters. The molecule has 1 N–H and O–H groups in total. The molecule has 1 saturated carbocycles. The molecule has 1 amide bonds. The second-order valence-electron chi connectivity index (χ2n) is 20.0. The Morgan fingerprint density at radius 2 is 1.62 bits per heavy atom. The highest BCUT2D eigenvalue weighted by molar-refractivity contribution is 6.39. The van der Waals surface area contributed by atoms with Crippen LogP contribution in [0.1, 0.15) is 126 Å². The fourth-order valence-corrected chi connectivity index (χ4v) is 11.2. The lowest BCUT2D eigenvalue weighted by Crippen LogP contribution is -2.64. The van der Waals surface area contributed by atoms with Gasteiger partial charge in [0.25, 0.3) is 11.7 Å². The Morgan fingerprint density at radius 3 is 2.32 bits per heavy atom. The first-order valence-corrected chi connectivity index (χ1v) is 24.7. The summed E-state index contributed by atoms with van der Waals surface area (Å²) in [5, 5.41) is 13.3. The summed E-state index contributed by atoms with van der Waals surface area (Å²) in [4.78, 5) is 58.5. The van der Waals surface area contributed by atoms with Gasteiger partial charge in [-0.1, -0.05) is 45.4 Å². The highest BCUT2D eigenvalue weighted by Gasteiger charge is 2.56. The van der Waals surface area contributed by atoms with Crippen molar-refractivity contribution in [3.05, 3.63) is 53.8 Å². The molecule has 13 unspecified atom stereocenters. The maximum Gasteiger partial charge on any atom is 0.329 e. The lowest BCUT2D eigenvalue weighted by atomic mass is 9.82. The van der Waals surface area contributed by atoms with E-state index in [9.17, 15) is 24.3 Å². The number of carbonyl (C=O) groups is 4. The summed E-state index contributed by atoms with van der Waals surface area (Å²) in [6.45, 7) is 15.0. The van der Waals surface area contributed by atoms with Crippen LogP contribution in [0.3, 0.4) is 0 Å². The number of amides is 1. The first-order valence-electron chi connectivity index (χ1n) is 24.7. The Balaban J connectivity index is 1.27. The molecule has 2 aromatic rings. The molecule has 0 radical (unpaired) electrons. The number of aliphatic hydroxyl groups is 1. The molecule has 4 heterocycles. The number of benzene rings is 1. The van der Waals surface area contributed by atoms with Crippen molar-refractivity contribution in [2.24, 2.45) is 29.6 Å². The zero-order valence-electron chi connectivity index (χ0n) is 41.3. The number of allylic oxidation sites excluding steroid dienone is 3. The monoisotopic (exact) mass is 919 g/mol. The summed E-state index contributed by atoms with van der Waals surface area (Å²) in [5.74, 6) is -5.34. The van der Waals surface area contributed by atoms with Crippen molar-refractivity contribution in [3.63, 3.8) is 0 Å². The van der Waals surface area contributed by atoms with Gasteiger partial charge in [-0.05, 0) is 139 Å². The fraction of sp³-hybridized carbons (Fsp3) is 0.698. The summed E-state index contributed by atoms with van der Waals surface area (Å²) >= 11 is 0. The van der Waals surface area contributed by atoms with Gasteiger partial charge in [0.15, 0.2) is 0 Å². The van der Waals surface area contributed by atoms with Crippen molar-refractivity contribution in [3.8, 4) is 5.75 Å². The lowest BCUT2D eigenvalue weighted by molar-refractivity contribution is -0.302. The minimum atomic E-state index is -2.47. The van der Waals surface area contributed by atoms with E-state index in [2.05, 4.69) is 55.0 Å². The second kappa shape index (κ2) is 22.9. The van der Waals surface area contributed by atoms with E-state index in [-0.39, 0.29) is 54.6 Å². The van der Waals surface area contributed by atoms with Gasteiger partial charge in [-0.2, -0.15) is 0 Å². The van der Waals surface area contributed by atoms with Crippen LogP contribution in [0.25, 0.3) is 10.9 Å². The van der Waals surface area contributed by atoms with E-state index in [1.165, 1.54) is 10.4 Å². The Bertz CT molecular complexity index is 2060. The molecule has 6 rings (SSSR count). The number of nitrogens with zero attached hydrogens (tertiary/aromatic N) is 2. The molecule has 2 saturated heterocycles. The van der Waals surface area contributed by atoms with Gasteiger partial charge in [-0.3, -0.25) is 14.4 Å². The van der Waals surface area contributed by atoms with Gasteiger partial charge in [0.1, 0.15) is 35.9 Å². The van der Waals surface area contributed by atoms with E-state index in [4.69, 9.17) is 28.4 Å². The molecule has 3 aliphatic heterocycles. The average molecular weight is 919 g/mol. The number of ether oxygens (including phenoxy) is 6. The maximum absolute atomic E-state index is 14.5. The molecule has 66 heavy (non-hydrogen) atoms. The van der Waals surface area contributed by atoms with Gasteiger partial charge in [0, 0.05) is 69.8 Å². The number of rotatable bonds is 9. The van der Waals surface area contributed by atoms with E-state index in [0.29, 0.717) is 57.8 Å². The number of hydrogen-bond donors (Lipinski definition) is 1. The van der Waals surface area contributed by atoms with Crippen molar-refractivity contribution in [1.29, 1.82) is 0 Å². The number of piperidine rings is 1. The zero-order chi connectivity index (χ0) is 47.9. The molecule has 366 valence electrons. The van der Waals surface area contributed by atoms with Crippen LogP contribution in [0.15, 0.2) is 53.8 Å². The predicted molar refractivity (Wildman–Crippen MR) is 253 cm³/mol. The molecule has 4 aliphatic rings. The highest BCUT2D eigenvalue weighted by Crippen LogP contribution is 2.40. The van der Waals surface area contributed by atoms with Gasteiger partial charge in [-0.25, -0.2) is 4.79 Å². The third-order valence-corrected chi connectivity index (χ3v) is 15.1. The van der Waals surface area contributed by atoms with Crippen LogP contribution in [0.2, 0.25) is 0 Å². The Kier molecular flexibility index (Phi) is 17.9. The number of ketones is 2. The maximum atomic E-state index is 14.5. The second-order valence-corrected chi connectivity index (χ2v) is 20.0. The van der Waals surface area contributed by atoms with Crippen molar-refractivity contribution >= 4 is 34.3 Å². The summed E-state index contributed by atoms with van der Waals surface area (Å²) in [5.41, 5.74) is 3.11. The average Bonchev–Trinajstić information content (AvgIpc) is 3.73. The molecule has 13 heteroatoms. The SMILES string of the molecule is CCC1/C=C(\C)CC(C)CC(OC)C2OC(O)(C(=O)C(=O)N3CCCCC3C(=O)OC(C(C)=CC3CCC(Oc4ccc5c(ccn5CC)c4)C(OC)C3)C(C)CCC1=O)C(C)CC2OC. The molecule has 2 bridgehead atoms. The van der Waals surface area contributed by atoms with Gasteiger partial charge < -0.3 is 43.0 Å². The Labute approximate surface area is 392 Å². The normalized spacial score (nSPS) is 36.0. The molecule has 0 spiro atoms. The Hall–Kier alpha value is -3.88. The smallest absolute Gasteiger partial charge is 0.329 e. The largest absolute Gasteiger partial charge is 0.488 e. The number of Topliss-reactive ketones (excluding diaryl/α,β-unsaturated/α-hetero) is 2. The van der Waals surface area contributed by atoms with E-state index >= 15 is 0 Å². The van der Waals surface area contributed by atoms with Crippen LogP contribution in [0.5, 0.6) is 5.75 Å². The number of esters is 1. The van der Waals surface area contributed by atoms with Gasteiger partial charge in [0.2, 0.25) is 5.79 Å². The molecule has 13 nitrogen and oxygen atoms in total. The zero-order valence-corrected chi connectivity index (χ0v) is 41.3. The number of aryl methyl sites for hydroxylation is 1. The lowest BCUT2D eigenvalue weighted by Gasteiger charge is -2.47. The highest BCUT2D eigenvalue weighted by atomic mass is 16.7. The summed E-state index contributed by atoms with van der Waals surface area (Å²) in [6, 6.07) is 7.27. The molecule has 3 fully saturated rings. The number of methoxy groups -OCH3 is 3. The van der Waals surface area contributed by atoms with Crippen molar-refractivity contribution in [1.82, 2.24) is 9.47 Å². The minimum absolute atomic E-state index is 0.0859. The van der Waals surface area contributed by atoms with Gasteiger partial charge in [0.05, 0.1) is 18.3 Å². The molecule has 1 aromatic heterocycles. The van der Waals surface area contributed by atoms with Crippen LogP contribution in [0.4, 0.5) is 0 Å². The minimum Gasteiger partial charge on any atom is -0.488 e. The number of fused-ring (bicyclic) bond motifs is 4. The number of cyclic esters (lactones) is 1. The predicted octanol–water partition coefficient (Wildman–Crippen LogP) is 8.56. The quantitative estimate of drug-likeness (QED) is 0.146. The first kappa shape index (κ1) is 51.5. The van der Waals surface area contributed by atoms with E-state index in [1.54, 1.807) is 28.3 Å². The number of hydrogen-bond acceptors (Lipinski definition) is 11. The third kappa shape index (κ3) is 11.7. The first-order chi connectivity index (χ1) is 31.5. The van der Waals surface area contributed by atoms with Crippen molar-refractivity contribution in [2.75, 3.05) is 27.9 Å². The summed E-state index contributed by atoms with van der Waals surface area (Å²) < 4.78 is 39.5. The fourth-order valence-electron chi connectivity index (χ4n) is 11.2. The number of aromatic nitrogens is 1. The summed E-state index contributed by atoms with van der Waals surface area (Å²) in [6.07, 6.45) is 10.1. The van der Waals surface area contributed by atoms with Crippen LogP contribution < -0.4 is 4.74 Å². The van der Waals surface area contributed by atoms with E-state index in [0.717, 1.165) is 41.7 Å². The summed E-state index contributed by atoms with van der Waals surface area (Å²) in [7, 11) is 4.84. The van der Waals surface area contributed by atoms with Crippen LogP contribution >= 0.6 is 0 Å². The van der Waals surface area contributed by atoms with Gasteiger partial charge in [-0.15, -0.1) is 0 Å². The molecule has 1 aromatic carbocycles. The topological polar surface area (TPSA) is 152 Å². The number of carbonyl (C=O) groups excluding carboxylic acids is 4. The molecule has 1 aliphatic carbocycles. The van der Waals surface area contributed by atoms with Crippen LogP contribution in [0, 0.1) is 29.6 Å². The van der Waals surface area contributed by atoms with Crippen molar-refractivity contribution < 1.29 is 52.7 Å². The Morgan fingerprint density at radius 1 is 0.894 bits per heavy atom. The van der Waals surface area contributed by atoms with Gasteiger partial charge >= 0.3 is 5.97 Å². The third-order valence-electron chi connectivity index (χ3n) is 15.1. The van der Waals surface area contributed by atoms with Crippen molar-refractivity contribution in [2.45, 2.75) is 181 Å². The van der Waals surface area contributed by atoms with E-state index in [1.807, 2.05) is 33.8 Å². The standard InChI is InChI=1S/C53H78N2O11/c1-11-38-26-32(3)25-33(4)27-46(62-9)49-47(63-10)29-36(7)53(60,66-49)50(57)51(58)55-23-14-13-15-42(55)52(59)65-48(34(5)16-20-43(38)56)35(6)28-37-17-21-44(45(30-37)61-8)64-40-18-19-41-39(31-40)22-24-54(41)12-2/h18-19,22,24,26,28,31,33-34,36-38,42,44-49,60H,11-17,20-21,23,25,27,29-30H2,1-10H3/b32-26+,35-28?. The van der Waals surface area contributed by atoms with E-state index < -0.39 is 59.8 Å². The van der Waals surface area contributed by atoms with Crippen LogP contribution in [-0.4, -0.2) is 114 Å². The molecular weight excluding hydrogens is 841 g/mol. The van der Waals surface area contributed by atoms with Crippen LogP contribution in [-0.2, 0) is 49.4 Å².